The Kier molecular flexibility index (Phi) is 2.54. The fourth-order valence-electron chi connectivity index (χ4n) is 2.81. The van der Waals surface area contributed by atoms with Gasteiger partial charge in [-0.2, -0.15) is 0 Å². The number of rotatable bonds is 2. The van der Waals surface area contributed by atoms with Crippen LogP contribution in [0.2, 0.25) is 0 Å². The third-order valence-corrected chi connectivity index (χ3v) is 6.14. The van der Waals surface area contributed by atoms with Gasteiger partial charge >= 0.3 is 0 Å². The standard InChI is InChI=1S/C20H10S2/c1-2-6-13(5-1)17-10-15-9-16-11-18(14-7-3-4-8-14)22-20(16)12-19(15)21-17/h1-5,7,9-12H. The molecule has 0 saturated carbocycles. The molecule has 5 rings (SSSR count). The van der Waals surface area contributed by atoms with E-state index in [0.29, 0.717) is 0 Å². The molecule has 2 aliphatic rings. The van der Waals surface area contributed by atoms with Crippen LogP contribution in [0.5, 0.6) is 0 Å². The first-order valence-electron chi connectivity index (χ1n) is 7.11. The van der Waals surface area contributed by atoms with E-state index < -0.39 is 0 Å². The van der Waals surface area contributed by atoms with Crippen LogP contribution in [0.25, 0.3) is 31.3 Å². The molecule has 22 heavy (non-hydrogen) atoms. The molecule has 0 aliphatic heterocycles. The molecule has 2 aliphatic carbocycles. The Bertz CT molecular complexity index is 991. The van der Waals surface area contributed by atoms with Crippen molar-refractivity contribution in [2.75, 3.05) is 0 Å². The molecule has 0 radical (unpaired) electrons. The molecule has 1 aromatic carbocycles. The van der Waals surface area contributed by atoms with Crippen LogP contribution in [0.3, 0.4) is 0 Å². The third-order valence-electron chi connectivity index (χ3n) is 3.88. The molecule has 2 heteroatoms. The lowest BCUT2D eigenvalue weighted by molar-refractivity contribution is 1.90. The second kappa shape index (κ2) is 4.58. The third kappa shape index (κ3) is 1.84. The lowest BCUT2D eigenvalue weighted by Crippen LogP contribution is -1.67. The van der Waals surface area contributed by atoms with Crippen LogP contribution in [0.15, 0.2) is 72.2 Å². The summed E-state index contributed by atoms with van der Waals surface area (Å²) in [6.45, 7) is 0. The monoisotopic (exact) mass is 314 g/mol. The summed E-state index contributed by atoms with van der Waals surface area (Å²) in [6, 6.07) is 9.17. The van der Waals surface area contributed by atoms with Gasteiger partial charge in [-0.15, -0.1) is 34.1 Å². The van der Waals surface area contributed by atoms with E-state index in [1.54, 1.807) is 0 Å². The van der Waals surface area contributed by atoms with Crippen LogP contribution in [-0.4, -0.2) is 0 Å². The molecule has 0 nitrogen and oxygen atoms in total. The van der Waals surface area contributed by atoms with E-state index in [-0.39, 0.29) is 0 Å². The van der Waals surface area contributed by atoms with E-state index in [4.69, 9.17) is 0 Å². The molecule has 2 aromatic heterocycles. The molecule has 0 saturated heterocycles. The van der Waals surface area contributed by atoms with Crippen LogP contribution < -0.4 is 0 Å². The molecule has 2 heterocycles. The average molecular weight is 314 g/mol. The van der Waals surface area contributed by atoms with Crippen molar-refractivity contribution in [3.05, 3.63) is 81.9 Å². The summed E-state index contributed by atoms with van der Waals surface area (Å²) in [7, 11) is 0. The minimum Gasteiger partial charge on any atom is -0.134 e. The predicted octanol–water partition coefficient (Wildman–Crippen LogP) is 6.33. The highest BCUT2D eigenvalue weighted by atomic mass is 32.1. The summed E-state index contributed by atoms with van der Waals surface area (Å²) in [5, 5.41) is 2.64. The molecule has 3 aromatic rings. The summed E-state index contributed by atoms with van der Waals surface area (Å²) in [4.78, 5) is 2.59. The Hall–Kier alpha value is -2.34. The molecule has 0 fully saturated rings. The number of hydrogen-bond donors (Lipinski definition) is 0. The molecular weight excluding hydrogens is 304 g/mol. The van der Waals surface area contributed by atoms with Gasteiger partial charge in [-0.25, -0.2) is 0 Å². The largest absolute Gasteiger partial charge is 0.134 e. The fourth-order valence-corrected chi connectivity index (χ4v) is 5.03. The Morgan fingerprint density at radius 2 is 1.18 bits per heavy atom. The Labute approximate surface area is 136 Å². The topological polar surface area (TPSA) is 0 Å². The zero-order chi connectivity index (χ0) is 14.5. The molecule has 0 spiro atoms. The van der Waals surface area contributed by atoms with E-state index in [9.17, 15) is 0 Å². The van der Waals surface area contributed by atoms with E-state index in [0.717, 1.165) is 0 Å². The zero-order valence-electron chi connectivity index (χ0n) is 11.6. The summed E-state index contributed by atoms with van der Waals surface area (Å²) in [5.74, 6) is 0. The second-order valence-corrected chi connectivity index (χ2v) is 7.48. The van der Waals surface area contributed by atoms with Crippen LogP contribution in [0.4, 0.5) is 0 Å². The van der Waals surface area contributed by atoms with Gasteiger partial charge in [0.15, 0.2) is 0 Å². The molecule has 102 valence electrons. The lowest BCUT2D eigenvalue weighted by Gasteiger charge is -1.89. The first-order valence-corrected chi connectivity index (χ1v) is 8.75. The highest BCUT2D eigenvalue weighted by Gasteiger charge is 2.10. The van der Waals surface area contributed by atoms with Crippen molar-refractivity contribution in [3.63, 3.8) is 0 Å². The van der Waals surface area contributed by atoms with E-state index >= 15 is 0 Å². The van der Waals surface area contributed by atoms with Crippen LogP contribution in [0.1, 0.15) is 9.75 Å². The average Bonchev–Trinajstić information content (AvgIpc) is 3.27. The second-order valence-electron chi connectivity index (χ2n) is 5.32. The van der Waals surface area contributed by atoms with Gasteiger partial charge in [0.05, 0.1) is 0 Å². The number of allylic oxidation sites excluding steroid dienone is 6. The van der Waals surface area contributed by atoms with Crippen LogP contribution >= 0.6 is 22.7 Å². The first kappa shape index (κ1) is 12.2. The quantitative estimate of drug-likeness (QED) is 0.485. The minimum absolute atomic E-state index is 1.19. The Morgan fingerprint density at radius 3 is 1.64 bits per heavy atom. The molecule has 0 atom stereocenters. The van der Waals surface area contributed by atoms with Gasteiger partial charge in [0.2, 0.25) is 0 Å². The van der Waals surface area contributed by atoms with Crippen molar-refractivity contribution in [1.82, 2.24) is 0 Å². The number of fused-ring (bicyclic) bond motifs is 2. The van der Waals surface area contributed by atoms with E-state index in [1.165, 1.54) is 41.1 Å². The van der Waals surface area contributed by atoms with Gasteiger partial charge in [0.25, 0.3) is 0 Å². The molecule has 0 bridgehead atoms. The summed E-state index contributed by atoms with van der Waals surface area (Å²) >= 11 is 3.69. The SMILES string of the molecule is C1=CC=CC=1c1cc2cc3cc(C4=C=CC=C4)sc3cc2s1. The first-order chi connectivity index (χ1) is 10.9. The molecule has 0 unspecified atom stereocenters. The Morgan fingerprint density at radius 1 is 0.636 bits per heavy atom. The molecule has 0 N–H and O–H groups in total. The minimum atomic E-state index is 1.19. The maximum Gasteiger partial charge on any atom is 0.0433 e. The number of hydrogen-bond acceptors (Lipinski definition) is 2. The van der Waals surface area contributed by atoms with Gasteiger partial charge < -0.3 is 0 Å². The summed E-state index contributed by atoms with van der Waals surface area (Å²) in [5.41, 5.74) is 8.96. The molecular formula is C20H10S2. The van der Waals surface area contributed by atoms with Crippen molar-refractivity contribution >= 4 is 54.0 Å². The number of thiophene rings is 2. The maximum absolute atomic E-state index is 3.29. The van der Waals surface area contributed by atoms with Crippen molar-refractivity contribution in [2.24, 2.45) is 0 Å². The van der Waals surface area contributed by atoms with Gasteiger partial charge in [-0.1, -0.05) is 12.2 Å². The summed E-state index contributed by atoms with van der Waals surface area (Å²) in [6.07, 6.45) is 12.3. The van der Waals surface area contributed by atoms with Crippen LogP contribution in [0, 0.1) is 0 Å². The highest BCUT2D eigenvalue weighted by Crippen LogP contribution is 2.38. The maximum atomic E-state index is 3.29. The Balaban J connectivity index is 1.69. The number of benzene rings is 1. The van der Waals surface area contributed by atoms with Crippen molar-refractivity contribution in [2.45, 2.75) is 0 Å². The van der Waals surface area contributed by atoms with Crippen LogP contribution in [-0.2, 0) is 0 Å². The smallest absolute Gasteiger partial charge is 0.0433 e. The fraction of sp³-hybridized carbons (Fsp3) is 0. The van der Waals surface area contributed by atoms with Crippen molar-refractivity contribution < 1.29 is 0 Å². The molecule has 0 amide bonds. The van der Waals surface area contributed by atoms with Gasteiger partial charge in [0, 0.05) is 30.3 Å². The highest BCUT2D eigenvalue weighted by molar-refractivity contribution is 7.22. The van der Waals surface area contributed by atoms with Gasteiger partial charge in [-0.05, 0) is 59.3 Å². The van der Waals surface area contributed by atoms with Gasteiger partial charge in [-0.3, -0.25) is 0 Å². The lowest BCUT2D eigenvalue weighted by atomic mass is 10.1. The van der Waals surface area contributed by atoms with Gasteiger partial charge in [0.1, 0.15) is 0 Å². The van der Waals surface area contributed by atoms with Crippen molar-refractivity contribution in [1.29, 1.82) is 0 Å². The van der Waals surface area contributed by atoms with E-state index in [1.807, 2.05) is 47.0 Å². The normalized spacial score (nSPS) is 15.5. The van der Waals surface area contributed by atoms with E-state index in [2.05, 4.69) is 47.9 Å². The zero-order valence-corrected chi connectivity index (χ0v) is 13.2. The van der Waals surface area contributed by atoms with Crippen molar-refractivity contribution in [3.8, 4) is 0 Å². The summed E-state index contributed by atoms with van der Waals surface area (Å²) < 4.78 is 2.69. The predicted molar refractivity (Wildman–Crippen MR) is 98.5 cm³/mol.